The highest BCUT2D eigenvalue weighted by molar-refractivity contribution is 5.93. The Morgan fingerprint density at radius 3 is 2.66 bits per heavy atom. The normalized spacial score (nSPS) is 16.7. The van der Waals surface area contributed by atoms with Crippen molar-refractivity contribution in [2.24, 2.45) is 0 Å². The Morgan fingerprint density at radius 1 is 1.14 bits per heavy atom. The van der Waals surface area contributed by atoms with Crippen molar-refractivity contribution in [1.82, 2.24) is 9.88 Å². The van der Waals surface area contributed by atoms with Crippen LogP contribution in [0.5, 0.6) is 11.6 Å². The summed E-state index contributed by atoms with van der Waals surface area (Å²) in [5.74, 6) is 1.92. The third-order valence-corrected chi connectivity index (χ3v) is 5.55. The predicted molar refractivity (Wildman–Crippen MR) is 115 cm³/mol. The molecule has 1 aliphatic rings. The van der Waals surface area contributed by atoms with Crippen molar-refractivity contribution in [1.29, 1.82) is 0 Å². The fraction of sp³-hybridized carbons (Fsp3) is 0.280. The Balaban J connectivity index is 1.38. The van der Waals surface area contributed by atoms with Gasteiger partial charge in [-0.3, -0.25) is 9.69 Å². The fourth-order valence-corrected chi connectivity index (χ4v) is 3.92. The maximum absolute atomic E-state index is 11.4. The second kappa shape index (κ2) is 8.58. The quantitative estimate of drug-likeness (QED) is 0.534. The zero-order valence-electron chi connectivity index (χ0n) is 17.0. The van der Waals surface area contributed by atoms with Gasteiger partial charge in [-0.1, -0.05) is 42.5 Å². The molecule has 4 nitrogen and oxygen atoms in total. The zero-order chi connectivity index (χ0) is 20.2. The number of pyridine rings is 1. The largest absolute Gasteiger partial charge is 0.439 e. The first-order valence-corrected chi connectivity index (χ1v) is 10.1. The van der Waals surface area contributed by atoms with E-state index in [2.05, 4.69) is 59.3 Å². The summed E-state index contributed by atoms with van der Waals surface area (Å²) in [7, 11) is 0. The third-order valence-electron chi connectivity index (χ3n) is 5.55. The highest BCUT2D eigenvalue weighted by atomic mass is 16.5. The molecule has 1 aromatic heterocycles. The second-order valence-electron chi connectivity index (χ2n) is 7.77. The van der Waals surface area contributed by atoms with Gasteiger partial charge in [0.15, 0.2) is 5.78 Å². The summed E-state index contributed by atoms with van der Waals surface area (Å²) < 4.78 is 5.91. The van der Waals surface area contributed by atoms with Crippen molar-refractivity contribution in [2.75, 3.05) is 13.1 Å². The molecule has 2 heterocycles. The van der Waals surface area contributed by atoms with Gasteiger partial charge in [0.25, 0.3) is 0 Å². The lowest BCUT2D eigenvalue weighted by molar-refractivity contribution is 0.101. The summed E-state index contributed by atoms with van der Waals surface area (Å²) >= 11 is 0. The van der Waals surface area contributed by atoms with Crippen LogP contribution in [0.3, 0.4) is 0 Å². The van der Waals surface area contributed by atoms with Gasteiger partial charge in [-0.05, 0) is 61.6 Å². The molecule has 4 heteroatoms. The molecule has 0 aliphatic carbocycles. The van der Waals surface area contributed by atoms with Crippen molar-refractivity contribution in [2.45, 2.75) is 32.7 Å². The summed E-state index contributed by atoms with van der Waals surface area (Å²) in [4.78, 5) is 18.1. The minimum atomic E-state index is 0.000926. The molecule has 1 saturated heterocycles. The van der Waals surface area contributed by atoms with Gasteiger partial charge >= 0.3 is 0 Å². The molecule has 2 aromatic carbocycles. The Hall–Kier alpha value is -2.98. The summed E-state index contributed by atoms with van der Waals surface area (Å²) in [6.45, 7) is 6.77. The van der Waals surface area contributed by atoms with Crippen LogP contribution in [0.4, 0.5) is 0 Å². The average molecular weight is 386 g/mol. The van der Waals surface area contributed by atoms with Gasteiger partial charge < -0.3 is 4.74 Å². The molecule has 1 unspecified atom stereocenters. The number of aromatic nitrogens is 1. The lowest BCUT2D eigenvalue weighted by Gasteiger charge is -2.17. The minimum absolute atomic E-state index is 0.000926. The SMILES string of the molecule is CC(=O)c1ccc(Oc2ccc(CN3CCC(c4ccccc4)C3)cc2C)nc1. The van der Waals surface area contributed by atoms with E-state index in [0.29, 0.717) is 17.4 Å². The van der Waals surface area contributed by atoms with E-state index in [1.165, 1.54) is 24.5 Å². The summed E-state index contributed by atoms with van der Waals surface area (Å²) in [5, 5.41) is 0. The van der Waals surface area contributed by atoms with Crippen LogP contribution < -0.4 is 4.74 Å². The van der Waals surface area contributed by atoms with Gasteiger partial charge in [0.2, 0.25) is 5.88 Å². The first kappa shape index (κ1) is 19.3. The van der Waals surface area contributed by atoms with Crippen molar-refractivity contribution in [3.05, 3.63) is 89.1 Å². The van der Waals surface area contributed by atoms with Crippen LogP contribution in [-0.4, -0.2) is 28.8 Å². The van der Waals surface area contributed by atoms with E-state index in [1.807, 2.05) is 6.07 Å². The molecule has 0 bridgehead atoms. The standard InChI is InChI=1S/C25H26N2O2/c1-18-14-20(16-27-13-12-23(17-27)21-6-4-3-5-7-21)8-10-24(18)29-25-11-9-22(15-26-25)19(2)28/h3-11,14-15,23H,12-13,16-17H2,1-2H3. The van der Waals surface area contributed by atoms with Crippen molar-refractivity contribution in [3.8, 4) is 11.6 Å². The number of carbonyl (C=O) groups is 1. The van der Waals surface area contributed by atoms with Crippen LogP contribution in [0, 0.1) is 6.92 Å². The van der Waals surface area contributed by atoms with Crippen LogP contribution in [0.1, 0.15) is 46.3 Å². The van der Waals surface area contributed by atoms with Crippen LogP contribution >= 0.6 is 0 Å². The summed E-state index contributed by atoms with van der Waals surface area (Å²) in [6, 6.07) is 20.6. The van der Waals surface area contributed by atoms with E-state index in [0.717, 1.165) is 30.9 Å². The van der Waals surface area contributed by atoms with Gasteiger partial charge in [0.05, 0.1) is 0 Å². The molecule has 1 aliphatic heterocycles. The molecular formula is C25H26N2O2. The van der Waals surface area contributed by atoms with E-state index >= 15 is 0 Å². The average Bonchev–Trinajstić information content (AvgIpc) is 3.19. The maximum Gasteiger partial charge on any atom is 0.219 e. The Morgan fingerprint density at radius 2 is 1.97 bits per heavy atom. The van der Waals surface area contributed by atoms with E-state index in [1.54, 1.807) is 18.3 Å². The van der Waals surface area contributed by atoms with Gasteiger partial charge in [-0.25, -0.2) is 4.98 Å². The summed E-state index contributed by atoms with van der Waals surface area (Å²) in [5.41, 5.74) is 4.41. The van der Waals surface area contributed by atoms with Crippen molar-refractivity contribution >= 4 is 5.78 Å². The van der Waals surface area contributed by atoms with E-state index in [9.17, 15) is 4.79 Å². The first-order valence-electron chi connectivity index (χ1n) is 10.1. The highest BCUT2D eigenvalue weighted by Gasteiger charge is 2.23. The number of nitrogens with zero attached hydrogens (tertiary/aromatic N) is 2. The number of ketones is 1. The van der Waals surface area contributed by atoms with Gasteiger partial charge in [0.1, 0.15) is 5.75 Å². The number of likely N-dealkylation sites (tertiary alicyclic amines) is 1. The number of ether oxygens (including phenoxy) is 1. The number of Topliss-reactive ketones (excluding diaryl/α,β-unsaturated/α-hetero) is 1. The Labute approximate surface area is 172 Å². The third kappa shape index (κ3) is 4.72. The van der Waals surface area contributed by atoms with E-state index in [4.69, 9.17) is 4.74 Å². The monoisotopic (exact) mass is 386 g/mol. The number of hydrogen-bond donors (Lipinski definition) is 0. The zero-order valence-corrected chi connectivity index (χ0v) is 17.0. The topological polar surface area (TPSA) is 42.4 Å². The van der Waals surface area contributed by atoms with Crippen LogP contribution in [0.15, 0.2) is 66.9 Å². The van der Waals surface area contributed by atoms with Gasteiger partial charge in [-0.2, -0.15) is 0 Å². The molecule has 3 aromatic rings. The molecule has 1 atom stereocenters. The highest BCUT2D eigenvalue weighted by Crippen LogP contribution is 2.29. The van der Waals surface area contributed by atoms with Crippen molar-refractivity contribution in [3.63, 3.8) is 0 Å². The van der Waals surface area contributed by atoms with E-state index < -0.39 is 0 Å². The molecule has 0 saturated carbocycles. The molecule has 4 rings (SSSR count). The lowest BCUT2D eigenvalue weighted by atomic mass is 9.99. The molecule has 0 amide bonds. The number of benzene rings is 2. The molecular weight excluding hydrogens is 360 g/mol. The number of aryl methyl sites for hydroxylation is 1. The minimum Gasteiger partial charge on any atom is -0.439 e. The molecule has 0 N–H and O–H groups in total. The number of rotatable bonds is 6. The van der Waals surface area contributed by atoms with Crippen LogP contribution in [0.2, 0.25) is 0 Å². The summed E-state index contributed by atoms with van der Waals surface area (Å²) in [6.07, 6.45) is 2.77. The molecule has 0 radical (unpaired) electrons. The van der Waals surface area contributed by atoms with Gasteiger partial charge in [0, 0.05) is 30.9 Å². The van der Waals surface area contributed by atoms with Gasteiger partial charge in [-0.15, -0.1) is 0 Å². The smallest absolute Gasteiger partial charge is 0.219 e. The second-order valence-corrected chi connectivity index (χ2v) is 7.77. The predicted octanol–water partition coefficient (Wildman–Crippen LogP) is 5.37. The molecule has 0 spiro atoms. The molecule has 29 heavy (non-hydrogen) atoms. The first-order chi connectivity index (χ1) is 14.1. The maximum atomic E-state index is 11.4. The molecule has 148 valence electrons. The Kier molecular flexibility index (Phi) is 5.72. The van der Waals surface area contributed by atoms with Crippen LogP contribution in [-0.2, 0) is 6.54 Å². The molecule has 1 fully saturated rings. The Bertz CT molecular complexity index is 983. The fourth-order valence-electron chi connectivity index (χ4n) is 3.92. The lowest BCUT2D eigenvalue weighted by Crippen LogP contribution is -2.19. The van der Waals surface area contributed by atoms with E-state index in [-0.39, 0.29) is 5.78 Å². The van der Waals surface area contributed by atoms with Crippen LogP contribution in [0.25, 0.3) is 0 Å². The van der Waals surface area contributed by atoms with Crippen molar-refractivity contribution < 1.29 is 9.53 Å². The number of carbonyl (C=O) groups excluding carboxylic acids is 1. The number of hydrogen-bond acceptors (Lipinski definition) is 4.